The van der Waals surface area contributed by atoms with Gasteiger partial charge in [-0.3, -0.25) is 9.59 Å². The number of benzene rings is 2. The summed E-state index contributed by atoms with van der Waals surface area (Å²) in [6.07, 6.45) is 1.18. The largest absolute Gasteiger partial charge is 0.366 e. The Morgan fingerprint density at radius 1 is 1.04 bits per heavy atom. The van der Waals surface area contributed by atoms with E-state index in [1.807, 2.05) is 49.1 Å². The molecule has 0 radical (unpaired) electrons. The summed E-state index contributed by atoms with van der Waals surface area (Å²) in [5, 5.41) is 0. The molecule has 1 amide bonds. The second kappa shape index (κ2) is 8.33. The minimum Gasteiger partial charge on any atom is -0.366 e. The molecule has 0 saturated carbocycles. The number of carbonyl (C=O) groups excluding carboxylic acids is 2. The molecule has 27 heavy (non-hydrogen) atoms. The maximum Gasteiger partial charge on any atom is 0.253 e. The molecular formula is C22H25FN2O2. The highest BCUT2D eigenvalue weighted by Gasteiger charge is 2.24. The van der Waals surface area contributed by atoms with Crippen LogP contribution in [0.3, 0.4) is 0 Å². The van der Waals surface area contributed by atoms with Crippen LogP contribution in [0.1, 0.15) is 46.0 Å². The van der Waals surface area contributed by atoms with E-state index in [4.69, 9.17) is 0 Å². The highest BCUT2D eigenvalue weighted by atomic mass is 19.1. The second-order valence-corrected chi connectivity index (χ2v) is 6.94. The number of hydrogen-bond acceptors (Lipinski definition) is 3. The molecule has 0 bridgehead atoms. The SMILES string of the molecule is CCCC(=O)c1cc(F)c(N2CCN(C(=O)c3ccccc3)CC2)cc1C. The predicted molar refractivity (Wildman–Crippen MR) is 105 cm³/mol. The van der Waals surface area contributed by atoms with Crippen LogP contribution in [0, 0.1) is 12.7 Å². The van der Waals surface area contributed by atoms with Crippen molar-refractivity contribution in [1.82, 2.24) is 4.90 Å². The number of carbonyl (C=O) groups is 2. The van der Waals surface area contributed by atoms with Gasteiger partial charge < -0.3 is 9.80 Å². The van der Waals surface area contributed by atoms with Crippen molar-refractivity contribution in [2.24, 2.45) is 0 Å². The Balaban J connectivity index is 1.70. The Bertz CT molecular complexity index is 828. The third-order valence-corrected chi connectivity index (χ3v) is 5.00. The van der Waals surface area contributed by atoms with Crippen molar-refractivity contribution >= 4 is 17.4 Å². The Kier molecular flexibility index (Phi) is 5.89. The van der Waals surface area contributed by atoms with Crippen molar-refractivity contribution in [3.8, 4) is 0 Å². The molecule has 0 N–H and O–H groups in total. The number of rotatable bonds is 5. The summed E-state index contributed by atoms with van der Waals surface area (Å²) >= 11 is 0. The van der Waals surface area contributed by atoms with Crippen LogP contribution in [0.2, 0.25) is 0 Å². The van der Waals surface area contributed by atoms with Crippen LogP contribution in [0.15, 0.2) is 42.5 Å². The molecule has 0 atom stereocenters. The predicted octanol–water partition coefficient (Wildman–Crippen LogP) is 4.08. The van der Waals surface area contributed by atoms with E-state index in [-0.39, 0.29) is 17.5 Å². The lowest BCUT2D eigenvalue weighted by atomic mass is 10.00. The number of Topliss-reactive ketones (excluding diaryl/α,β-unsaturated/α-hetero) is 1. The highest BCUT2D eigenvalue weighted by Crippen LogP contribution is 2.26. The quantitative estimate of drug-likeness (QED) is 0.747. The topological polar surface area (TPSA) is 40.6 Å². The van der Waals surface area contributed by atoms with Crippen molar-refractivity contribution in [2.75, 3.05) is 31.1 Å². The Morgan fingerprint density at radius 2 is 1.70 bits per heavy atom. The van der Waals surface area contributed by atoms with Crippen molar-refractivity contribution in [3.05, 3.63) is 65.0 Å². The molecule has 1 heterocycles. The average molecular weight is 368 g/mol. The summed E-state index contributed by atoms with van der Waals surface area (Å²) < 4.78 is 14.7. The number of piperazine rings is 1. The molecule has 142 valence electrons. The first-order chi connectivity index (χ1) is 13.0. The standard InChI is InChI=1S/C22H25FN2O2/c1-3-7-21(26)18-15-19(23)20(14-16(18)2)24-10-12-25(13-11-24)22(27)17-8-5-4-6-9-17/h4-6,8-9,14-15H,3,7,10-13H2,1-2H3. The van der Waals surface area contributed by atoms with Gasteiger partial charge in [0.05, 0.1) is 5.69 Å². The average Bonchev–Trinajstić information content (AvgIpc) is 2.70. The zero-order chi connectivity index (χ0) is 19.4. The third kappa shape index (κ3) is 4.18. The second-order valence-electron chi connectivity index (χ2n) is 6.94. The molecule has 0 aliphatic carbocycles. The molecule has 0 aromatic heterocycles. The van der Waals surface area contributed by atoms with Crippen LogP contribution in [0.25, 0.3) is 0 Å². The Labute approximate surface area is 159 Å². The zero-order valence-corrected chi connectivity index (χ0v) is 15.9. The summed E-state index contributed by atoms with van der Waals surface area (Å²) in [5.41, 5.74) is 2.45. The van der Waals surface area contributed by atoms with E-state index in [1.54, 1.807) is 11.0 Å². The number of amides is 1. The van der Waals surface area contributed by atoms with Crippen molar-refractivity contribution in [1.29, 1.82) is 0 Å². The molecule has 3 rings (SSSR count). The molecule has 2 aromatic carbocycles. The maximum atomic E-state index is 14.7. The van der Waals surface area contributed by atoms with E-state index in [0.29, 0.717) is 49.4 Å². The van der Waals surface area contributed by atoms with Crippen LogP contribution in [-0.2, 0) is 0 Å². The number of aryl methyl sites for hydroxylation is 1. The first-order valence-corrected chi connectivity index (χ1v) is 9.44. The molecule has 4 nitrogen and oxygen atoms in total. The van der Waals surface area contributed by atoms with E-state index in [1.165, 1.54) is 6.07 Å². The van der Waals surface area contributed by atoms with Crippen molar-refractivity contribution in [2.45, 2.75) is 26.7 Å². The van der Waals surface area contributed by atoms with Crippen LogP contribution >= 0.6 is 0 Å². The van der Waals surface area contributed by atoms with E-state index in [9.17, 15) is 14.0 Å². The molecule has 1 aliphatic rings. The van der Waals surface area contributed by atoms with E-state index in [0.717, 1.165) is 12.0 Å². The van der Waals surface area contributed by atoms with Crippen LogP contribution in [-0.4, -0.2) is 42.8 Å². The normalized spacial score (nSPS) is 14.3. The summed E-state index contributed by atoms with van der Waals surface area (Å²) in [7, 11) is 0. The molecule has 1 fully saturated rings. The van der Waals surface area contributed by atoms with Gasteiger partial charge in [-0.2, -0.15) is 0 Å². The number of halogens is 1. The molecule has 0 unspecified atom stereocenters. The highest BCUT2D eigenvalue weighted by molar-refractivity contribution is 5.98. The minimum atomic E-state index is -0.372. The minimum absolute atomic E-state index is 0.00686. The summed E-state index contributed by atoms with van der Waals surface area (Å²) in [4.78, 5) is 28.4. The fourth-order valence-corrected chi connectivity index (χ4v) is 3.48. The zero-order valence-electron chi connectivity index (χ0n) is 15.9. The first kappa shape index (κ1) is 19.1. The van der Waals surface area contributed by atoms with E-state index >= 15 is 0 Å². The van der Waals surface area contributed by atoms with E-state index in [2.05, 4.69) is 0 Å². The lowest BCUT2D eigenvalue weighted by Crippen LogP contribution is -2.49. The first-order valence-electron chi connectivity index (χ1n) is 9.44. The van der Waals surface area contributed by atoms with Gasteiger partial charge in [0.2, 0.25) is 0 Å². The molecule has 2 aromatic rings. The molecule has 5 heteroatoms. The van der Waals surface area contributed by atoms with Crippen molar-refractivity contribution in [3.63, 3.8) is 0 Å². The van der Waals surface area contributed by atoms with Gasteiger partial charge in [0.1, 0.15) is 5.82 Å². The van der Waals surface area contributed by atoms with Gasteiger partial charge in [0.15, 0.2) is 5.78 Å². The number of hydrogen-bond donors (Lipinski definition) is 0. The van der Waals surface area contributed by atoms with E-state index < -0.39 is 0 Å². The molecular weight excluding hydrogens is 343 g/mol. The summed E-state index contributed by atoms with van der Waals surface area (Å²) in [6, 6.07) is 12.3. The maximum absolute atomic E-state index is 14.7. The Hall–Kier alpha value is -2.69. The van der Waals surface area contributed by atoms with Gasteiger partial charge in [-0.25, -0.2) is 4.39 Å². The van der Waals surface area contributed by atoms with Gasteiger partial charge in [-0.15, -0.1) is 0 Å². The van der Waals surface area contributed by atoms with Gasteiger partial charge in [0.25, 0.3) is 5.91 Å². The van der Waals surface area contributed by atoms with Crippen LogP contribution in [0.4, 0.5) is 10.1 Å². The van der Waals surface area contributed by atoms with Crippen molar-refractivity contribution < 1.29 is 14.0 Å². The smallest absolute Gasteiger partial charge is 0.253 e. The fourth-order valence-electron chi connectivity index (χ4n) is 3.48. The van der Waals surface area contributed by atoms with Gasteiger partial charge in [-0.1, -0.05) is 25.1 Å². The van der Waals surface area contributed by atoms with Gasteiger partial charge in [-0.05, 0) is 43.2 Å². The van der Waals surface area contributed by atoms with Gasteiger partial charge in [0, 0.05) is 43.7 Å². The Morgan fingerprint density at radius 3 is 2.33 bits per heavy atom. The lowest BCUT2D eigenvalue weighted by Gasteiger charge is -2.36. The van der Waals surface area contributed by atoms with Crippen LogP contribution < -0.4 is 4.90 Å². The summed E-state index contributed by atoms with van der Waals surface area (Å²) in [5.74, 6) is -0.381. The third-order valence-electron chi connectivity index (χ3n) is 5.00. The molecule has 1 saturated heterocycles. The fraction of sp³-hybridized carbons (Fsp3) is 0.364. The number of ketones is 1. The molecule has 0 spiro atoms. The number of nitrogens with zero attached hydrogens (tertiary/aromatic N) is 2. The number of anilines is 1. The molecule has 1 aliphatic heterocycles. The monoisotopic (exact) mass is 368 g/mol. The lowest BCUT2D eigenvalue weighted by molar-refractivity contribution is 0.0746. The van der Waals surface area contributed by atoms with Crippen LogP contribution in [0.5, 0.6) is 0 Å². The van der Waals surface area contributed by atoms with Gasteiger partial charge >= 0.3 is 0 Å². The summed E-state index contributed by atoms with van der Waals surface area (Å²) in [6.45, 7) is 6.01.